The molecule has 0 aliphatic carbocycles. The largest absolute Gasteiger partial charge is 0.365 e. The van der Waals surface area contributed by atoms with Crippen LogP contribution in [-0.4, -0.2) is 17.0 Å². The van der Waals surface area contributed by atoms with Crippen LogP contribution in [0.25, 0.3) is 22.2 Å². The molecular weight excluding hydrogens is 285 g/mol. The van der Waals surface area contributed by atoms with Crippen molar-refractivity contribution >= 4 is 27.4 Å². The van der Waals surface area contributed by atoms with Crippen molar-refractivity contribution < 1.29 is 4.39 Å². The lowest BCUT2D eigenvalue weighted by molar-refractivity contribution is 0.635. The number of aromatic nitrogens is 2. The molecule has 0 radical (unpaired) electrons. The van der Waals surface area contributed by atoms with E-state index in [4.69, 9.17) is 0 Å². The molecule has 0 spiro atoms. The van der Waals surface area contributed by atoms with Crippen molar-refractivity contribution in [3.8, 4) is 11.3 Å². The molecule has 0 atom stereocenters. The van der Waals surface area contributed by atoms with Crippen LogP contribution in [0.15, 0.2) is 29.6 Å². The molecular formula is C16H16FN3S. The van der Waals surface area contributed by atoms with Crippen molar-refractivity contribution in [1.29, 1.82) is 0 Å². The minimum Gasteiger partial charge on any atom is -0.365 e. The first-order valence-electron chi connectivity index (χ1n) is 6.83. The number of benzene rings is 1. The van der Waals surface area contributed by atoms with Gasteiger partial charge in [-0.25, -0.2) is 14.4 Å². The van der Waals surface area contributed by atoms with Gasteiger partial charge in [0.05, 0.1) is 5.69 Å². The summed E-state index contributed by atoms with van der Waals surface area (Å²) in [6.45, 7) is 4.11. The van der Waals surface area contributed by atoms with Crippen molar-refractivity contribution in [2.45, 2.75) is 19.8 Å². The van der Waals surface area contributed by atoms with Crippen LogP contribution in [0.5, 0.6) is 0 Å². The SMILES string of the molecule is CNc1nc(-c2cc(C(C)C)nc3c(F)cccc23)cs1. The van der Waals surface area contributed by atoms with Crippen LogP contribution in [0, 0.1) is 5.82 Å². The fraction of sp³-hybridized carbons (Fsp3) is 0.250. The molecule has 0 bridgehead atoms. The Kier molecular flexibility index (Phi) is 3.59. The molecule has 0 saturated carbocycles. The van der Waals surface area contributed by atoms with Gasteiger partial charge >= 0.3 is 0 Å². The monoisotopic (exact) mass is 301 g/mol. The quantitative estimate of drug-likeness (QED) is 0.764. The molecule has 0 unspecified atom stereocenters. The van der Waals surface area contributed by atoms with Gasteiger partial charge in [-0.15, -0.1) is 11.3 Å². The normalized spacial score (nSPS) is 11.3. The first-order valence-corrected chi connectivity index (χ1v) is 7.71. The Hall–Kier alpha value is -2.01. The molecule has 0 amide bonds. The summed E-state index contributed by atoms with van der Waals surface area (Å²) in [5.74, 6) is -0.0597. The Balaban J connectivity index is 2.31. The summed E-state index contributed by atoms with van der Waals surface area (Å²) in [6.07, 6.45) is 0. The summed E-state index contributed by atoms with van der Waals surface area (Å²) in [4.78, 5) is 9.01. The lowest BCUT2D eigenvalue weighted by atomic mass is 10.0. The van der Waals surface area contributed by atoms with Crippen LogP contribution in [-0.2, 0) is 0 Å². The summed E-state index contributed by atoms with van der Waals surface area (Å²) in [7, 11) is 1.84. The highest BCUT2D eigenvalue weighted by Gasteiger charge is 2.14. The van der Waals surface area contributed by atoms with Gasteiger partial charge in [-0.2, -0.15) is 0 Å². The van der Waals surface area contributed by atoms with Gasteiger partial charge in [-0.1, -0.05) is 26.0 Å². The molecule has 1 N–H and O–H groups in total. The van der Waals surface area contributed by atoms with Crippen molar-refractivity contribution in [2.75, 3.05) is 12.4 Å². The average Bonchev–Trinajstić information content (AvgIpc) is 2.95. The highest BCUT2D eigenvalue weighted by Crippen LogP contribution is 2.33. The molecule has 108 valence electrons. The fourth-order valence-electron chi connectivity index (χ4n) is 2.25. The van der Waals surface area contributed by atoms with Gasteiger partial charge in [-0.3, -0.25) is 0 Å². The maximum atomic E-state index is 14.1. The van der Waals surface area contributed by atoms with E-state index < -0.39 is 0 Å². The van der Waals surface area contributed by atoms with Crippen LogP contribution in [0.4, 0.5) is 9.52 Å². The highest BCUT2D eigenvalue weighted by molar-refractivity contribution is 7.14. The Morgan fingerprint density at radius 2 is 2.05 bits per heavy atom. The van der Waals surface area contributed by atoms with Crippen LogP contribution < -0.4 is 5.32 Å². The second kappa shape index (κ2) is 5.41. The minimum absolute atomic E-state index is 0.232. The molecule has 0 aliphatic rings. The zero-order valence-electron chi connectivity index (χ0n) is 12.1. The van der Waals surface area contributed by atoms with Gasteiger partial charge in [-0.05, 0) is 18.1 Å². The molecule has 2 heterocycles. The average molecular weight is 301 g/mol. The number of rotatable bonds is 3. The predicted octanol–water partition coefficient (Wildman–Crippen LogP) is 4.66. The minimum atomic E-state index is -0.291. The van der Waals surface area contributed by atoms with Crippen LogP contribution >= 0.6 is 11.3 Å². The Labute approximate surface area is 126 Å². The van der Waals surface area contributed by atoms with E-state index in [1.807, 2.05) is 24.6 Å². The fourth-order valence-corrected chi connectivity index (χ4v) is 2.93. The van der Waals surface area contributed by atoms with E-state index in [0.717, 1.165) is 27.5 Å². The maximum Gasteiger partial charge on any atom is 0.182 e. The van der Waals surface area contributed by atoms with Crippen molar-refractivity contribution in [3.05, 3.63) is 41.2 Å². The van der Waals surface area contributed by atoms with Crippen molar-refractivity contribution in [2.24, 2.45) is 0 Å². The Morgan fingerprint density at radius 3 is 2.71 bits per heavy atom. The molecule has 1 aromatic carbocycles. The number of thiazole rings is 1. The third-order valence-corrected chi connectivity index (χ3v) is 4.26. The van der Waals surface area contributed by atoms with Gasteiger partial charge in [0.25, 0.3) is 0 Å². The topological polar surface area (TPSA) is 37.8 Å². The van der Waals surface area contributed by atoms with Crippen LogP contribution in [0.1, 0.15) is 25.5 Å². The lowest BCUT2D eigenvalue weighted by Crippen LogP contribution is -1.97. The molecule has 0 fully saturated rings. The van der Waals surface area contributed by atoms with Crippen LogP contribution in [0.3, 0.4) is 0 Å². The number of nitrogens with one attached hydrogen (secondary N) is 1. The highest BCUT2D eigenvalue weighted by atomic mass is 32.1. The van der Waals surface area contributed by atoms with Crippen LogP contribution in [0.2, 0.25) is 0 Å². The smallest absolute Gasteiger partial charge is 0.182 e. The number of hydrogen-bond donors (Lipinski definition) is 1. The summed E-state index contributed by atoms with van der Waals surface area (Å²) >= 11 is 1.54. The second-order valence-electron chi connectivity index (χ2n) is 5.17. The zero-order chi connectivity index (χ0) is 15.0. The predicted molar refractivity (Wildman–Crippen MR) is 86.4 cm³/mol. The van der Waals surface area contributed by atoms with Crippen molar-refractivity contribution in [3.63, 3.8) is 0 Å². The maximum absolute atomic E-state index is 14.1. The van der Waals surface area contributed by atoms with Gasteiger partial charge in [0, 0.05) is 29.1 Å². The molecule has 3 nitrogen and oxygen atoms in total. The van der Waals surface area contributed by atoms with E-state index in [9.17, 15) is 4.39 Å². The van der Waals surface area contributed by atoms with E-state index >= 15 is 0 Å². The summed E-state index contributed by atoms with van der Waals surface area (Å²) in [5, 5.41) is 6.66. The number of anilines is 1. The number of para-hydroxylation sites is 1. The standard InChI is InChI=1S/C16H16FN3S/c1-9(2)13-7-11(14-8-21-16(18-3)20-14)10-5-4-6-12(17)15(10)19-13/h4-9H,1-3H3,(H,18,20). The Bertz CT molecular complexity index is 795. The number of fused-ring (bicyclic) bond motifs is 1. The molecule has 0 aliphatic heterocycles. The molecule has 21 heavy (non-hydrogen) atoms. The third kappa shape index (κ3) is 2.49. The lowest BCUT2D eigenvalue weighted by Gasteiger charge is -2.11. The van der Waals surface area contributed by atoms with Gasteiger partial charge < -0.3 is 5.32 Å². The van der Waals surface area contributed by atoms with E-state index in [-0.39, 0.29) is 11.7 Å². The van der Waals surface area contributed by atoms with E-state index in [1.165, 1.54) is 17.4 Å². The molecule has 3 rings (SSSR count). The zero-order valence-corrected chi connectivity index (χ0v) is 13.0. The van der Waals surface area contributed by atoms with Gasteiger partial charge in [0.1, 0.15) is 11.3 Å². The summed E-state index contributed by atoms with van der Waals surface area (Å²) in [6, 6.07) is 7.07. The van der Waals surface area contributed by atoms with E-state index in [2.05, 4.69) is 29.1 Å². The first kappa shape index (κ1) is 13.9. The van der Waals surface area contributed by atoms with E-state index in [1.54, 1.807) is 6.07 Å². The van der Waals surface area contributed by atoms with E-state index in [0.29, 0.717) is 5.52 Å². The molecule has 3 aromatic rings. The number of nitrogens with zero attached hydrogens (tertiary/aromatic N) is 2. The molecule has 0 saturated heterocycles. The Morgan fingerprint density at radius 1 is 1.24 bits per heavy atom. The van der Waals surface area contributed by atoms with Gasteiger partial charge in [0.15, 0.2) is 5.13 Å². The number of halogens is 1. The van der Waals surface area contributed by atoms with Crippen molar-refractivity contribution in [1.82, 2.24) is 9.97 Å². The number of pyridine rings is 1. The third-order valence-electron chi connectivity index (χ3n) is 3.40. The molecule has 2 aromatic heterocycles. The van der Waals surface area contributed by atoms with Gasteiger partial charge in [0.2, 0.25) is 0 Å². The first-order chi connectivity index (χ1) is 10.1. The molecule has 5 heteroatoms. The number of hydrogen-bond acceptors (Lipinski definition) is 4. The summed E-state index contributed by atoms with van der Waals surface area (Å²) < 4.78 is 14.1. The summed E-state index contributed by atoms with van der Waals surface area (Å²) in [5.41, 5.74) is 3.07. The second-order valence-corrected chi connectivity index (χ2v) is 6.03.